The maximum Gasteiger partial charge on any atom is 0.142 e. The van der Waals surface area contributed by atoms with E-state index in [9.17, 15) is 4.39 Å². The van der Waals surface area contributed by atoms with Gasteiger partial charge >= 0.3 is 0 Å². The van der Waals surface area contributed by atoms with Crippen LogP contribution >= 0.6 is 23.2 Å². The Bertz CT molecular complexity index is 617. The number of aromatic amines is 1. The summed E-state index contributed by atoms with van der Waals surface area (Å²) in [4.78, 5) is 0. The number of nitrogens with one attached hydrogen (secondary N) is 2. The van der Waals surface area contributed by atoms with Gasteiger partial charge in [0.2, 0.25) is 0 Å². The summed E-state index contributed by atoms with van der Waals surface area (Å²) in [6, 6.07) is 2.72. The minimum absolute atomic E-state index is 0.00707. The summed E-state index contributed by atoms with van der Waals surface area (Å²) < 4.78 is 13.6. The number of hydrogen-bond donors (Lipinski definition) is 2. The lowest BCUT2D eigenvalue weighted by Gasteiger charge is -2.20. The van der Waals surface area contributed by atoms with Crippen molar-refractivity contribution in [1.29, 1.82) is 0 Å². The van der Waals surface area contributed by atoms with Crippen LogP contribution in [0.5, 0.6) is 0 Å². The monoisotopic (exact) mass is 315 g/mol. The van der Waals surface area contributed by atoms with Gasteiger partial charge in [0.25, 0.3) is 0 Å². The second-order valence-electron chi connectivity index (χ2n) is 5.62. The van der Waals surface area contributed by atoms with Crippen LogP contribution in [0.4, 0.5) is 4.39 Å². The molecule has 0 atom stereocenters. The molecule has 20 heavy (non-hydrogen) atoms. The molecule has 2 aromatic rings. The number of aromatic nitrogens is 2. The molecule has 0 fully saturated rings. The normalized spacial score (nSPS) is 11.9. The average molecular weight is 316 g/mol. The van der Waals surface area contributed by atoms with Gasteiger partial charge in [-0.25, -0.2) is 4.39 Å². The Labute approximate surface area is 127 Å². The Morgan fingerprint density at radius 3 is 2.60 bits per heavy atom. The van der Waals surface area contributed by atoms with Crippen molar-refractivity contribution in [1.82, 2.24) is 15.5 Å². The molecule has 0 aliphatic carbocycles. The third-order valence-electron chi connectivity index (χ3n) is 2.81. The van der Waals surface area contributed by atoms with Gasteiger partial charge in [0.1, 0.15) is 5.82 Å². The van der Waals surface area contributed by atoms with E-state index in [4.69, 9.17) is 23.2 Å². The number of benzene rings is 1. The van der Waals surface area contributed by atoms with Crippen molar-refractivity contribution in [2.75, 3.05) is 0 Å². The van der Waals surface area contributed by atoms with E-state index >= 15 is 0 Å². The number of H-pyrrole nitrogens is 1. The predicted octanol–water partition coefficient (Wildman–Crippen LogP) is 4.41. The average Bonchev–Trinajstić information content (AvgIpc) is 2.78. The first-order valence-electron chi connectivity index (χ1n) is 6.20. The molecule has 0 saturated carbocycles. The van der Waals surface area contributed by atoms with Crippen LogP contribution in [0.15, 0.2) is 18.3 Å². The zero-order valence-corrected chi connectivity index (χ0v) is 13.0. The third kappa shape index (κ3) is 3.51. The van der Waals surface area contributed by atoms with Crippen molar-refractivity contribution in [2.24, 2.45) is 0 Å². The van der Waals surface area contributed by atoms with Crippen LogP contribution in [0.1, 0.15) is 26.3 Å². The number of rotatable bonds is 3. The maximum absolute atomic E-state index is 13.6. The second kappa shape index (κ2) is 5.72. The van der Waals surface area contributed by atoms with Gasteiger partial charge in [-0.2, -0.15) is 5.10 Å². The van der Waals surface area contributed by atoms with Crippen LogP contribution in [0.2, 0.25) is 10.0 Å². The van der Waals surface area contributed by atoms with Crippen LogP contribution in [-0.4, -0.2) is 15.7 Å². The standard InChI is InChI=1S/C14H16Cl2FN3/c1-14(2,3)18-6-8-7-19-20-13(8)9-4-12(17)11(16)5-10(9)15/h4-5,7,18H,6H2,1-3H3,(H,19,20). The van der Waals surface area contributed by atoms with Gasteiger partial charge in [0.05, 0.1) is 21.9 Å². The SMILES string of the molecule is CC(C)(C)NCc1cn[nH]c1-c1cc(F)c(Cl)cc1Cl. The molecule has 0 bridgehead atoms. The zero-order valence-electron chi connectivity index (χ0n) is 11.5. The van der Waals surface area contributed by atoms with E-state index in [-0.39, 0.29) is 10.6 Å². The Morgan fingerprint density at radius 1 is 1.25 bits per heavy atom. The Balaban J connectivity index is 2.35. The lowest BCUT2D eigenvalue weighted by atomic mass is 10.1. The van der Waals surface area contributed by atoms with Crippen molar-refractivity contribution < 1.29 is 4.39 Å². The zero-order chi connectivity index (χ0) is 14.9. The molecular weight excluding hydrogens is 300 g/mol. The molecule has 0 aliphatic rings. The lowest BCUT2D eigenvalue weighted by Crippen LogP contribution is -2.35. The van der Waals surface area contributed by atoms with Crippen molar-refractivity contribution in [3.8, 4) is 11.3 Å². The summed E-state index contributed by atoms with van der Waals surface area (Å²) in [7, 11) is 0. The second-order valence-corrected chi connectivity index (χ2v) is 6.43. The molecule has 108 valence electrons. The summed E-state index contributed by atoms with van der Waals surface area (Å²) in [5.74, 6) is -0.504. The highest BCUT2D eigenvalue weighted by Crippen LogP contribution is 2.32. The Morgan fingerprint density at radius 2 is 1.95 bits per heavy atom. The summed E-state index contributed by atoms with van der Waals surface area (Å²) in [6.07, 6.45) is 1.71. The van der Waals surface area contributed by atoms with Crippen molar-refractivity contribution >= 4 is 23.2 Å². The Kier molecular flexibility index (Phi) is 4.37. The van der Waals surface area contributed by atoms with Crippen molar-refractivity contribution in [3.05, 3.63) is 39.8 Å². The van der Waals surface area contributed by atoms with Crippen molar-refractivity contribution in [3.63, 3.8) is 0 Å². The molecule has 1 aromatic carbocycles. The van der Waals surface area contributed by atoms with Gasteiger partial charge < -0.3 is 5.32 Å². The van der Waals surface area contributed by atoms with Gasteiger partial charge in [-0.05, 0) is 32.9 Å². The summed E-state index contributed by atoms with van der Waals surface area (Å²) in [5, 5.41) is 10.6. The maximum atomic E-state index is 13.6. The van der Waals surface area contributed by atoms with Crippen LogP contribution in [0.3, 0.4) is 0 Å². The molecule has 2 rings (SSSR count). The molecule has 0 saturated heterocycles. The molecular formula is C14H16Cl2FN3. The first-order valence-corrected chi connectivity index (χ1v) is 6.96. The van der Waals surface area contributed by atoms with Crippen LogP contribution in [0.25, 0.3) is 11.3 Å². The smallest absolute Gasteiger partial charge is 0.142 e. The largest absolute Gasteiger partial charge is 0.308 e. The van der Waals surface area contributed by atoms with Crippen LogP contribution in [-0.2, 0) is 6.54 Å². The third-order valence-corrected chi connectivity index (χ3v) is 3.41. The summed E-state index contributed by atoms with van der Waals surface area (Å²) in [5.41, 5.74) is 2.14. The van der Waals surface area contributed by atoms with Crippen LogP contribution < -0.4 is 5.32 Å². The summed E-state index contributed by atoms with van der Waals surface area (Å²) in [6.45, 7) is 6.82. The van der Waals surface area contributed by atoms with E-state index in [0.29, 0.717) is 22.8 Å². The van der Waals surface area contributed by atoms with Gasteiger partial charge in [0.15, 0.2) is 0 Å². The quantitative estimate of drug-likeness (QED) is 0.824. The molecule has 0 radical (unpaired) electrons. The van der Waals surface area contributed by atoms with E-state index in [1.54, 1.807) is 6.20 Å². The lowest BCUT2D eigenvalue weighted by molar-refractivity contribution is 0.424. The van der Waals surface area contributed by atoms with E-state index < -0.39 is 5.82 Å². The van der Waals surface area contributed by atoms with Gasteiger partial charge in [-0.15, -0.1) is 0 Å². The molecule has 2 N–H and O–H groups in total. The first kappa shape index (κ1) is 15.3. The number of hydrogen-bond acceptors (Lipinski definition) is 2. The molecule has 0 amide bonds. The van der Waals surface area contributed by atoms with E-state index in [2.05, 4.69) is 36.3 Å². The predicted molar refractivity (Wildman–Crippen MR) is 80.6 cm³/mol. The van der Waals surface area contributed by atoms with E-state index in [0.717, 1.165) is 5.56 Å². The van der Waals surface area contributed by atoms with Crippen molar-refractivity contribution in [2.45, 2.75) is 32.9 Å². The molecule has 0 aliphatic heterocycles. The highest BCUT2D eigenvalue weighted by atomic mass is 35.5. The summed E-state index contributed by atoms with van der Waals surface area (Å²) >= 11 is 11.8. The molecule has 1 heterocycles. The van der Waals surface area contributed by atoms with E-state index in [1.165, 1.54) is 12.1 Å². The number of nitrogens with zero attached hydrogens (tertiary/aromatic N) is 1. The fourth-order valence-electron chi connectivity index (χ4n) is 1.75. The Hall–Kier alpha value is -1.10. The number of halogens is 3. The molecule has 1 aromatic heterocycles. The highest BCUT2D eigenvalue weighted by molar-refractivity contribution is 6.36. The molecule has 3 nitrogen and oxygen atoms in total. The first-order chi connectivity index (χ1) is 9.28. The van der Waals surface area contributed by atoms with Gasteiger partial charge in [-0.1, -0.05) is 23.2 Å². The van der Waals surface area contributed by atoms with Gasteiger partial charge in [0, 0.05) is 23.2 Å². The highest BCUT2D eigenvalue weighted by Gasteiger charge is 2.16. The molecule has 0 spiro atoms. The van der Waals surface area contributed by atoms with E-state index in [1.807, 2.05) is 0 Å². The molecule has 6 heteroatoms. The fraction of sp³-hybridized carbons (Fsp3) is 0.357. The topological polar surface area (TPSA) is 40.7 Å². The van der Waals surface area contributed by atoms with Crippen LogP contribution in [0, 0.1) is 5.82 Å². The minimum Gasteiger partial charge on any atom is -0.308 e. The fourth-order valence-corrected chi connectivity index (χ4v) is 2.23. The minimum atomic E-state index is -0.504. The van der Waals surface area contributed by atoms with Gasteiger partial charge in [-0.3, -0.25) is 5.10 Å². The molecule has 0 unspecified atom stereocenters.